The maximum Gasteiger partial charge on any atom is 0.0918 e. The van der Waals surface area contributed by atoms with Crippen molar-refractivity contribution in [1.82, 2.24) is 0 Å². The van der Waals surface area contributed by atoms with Crippen molar-refractivity contribution in [2.45, 2.75) is 27.1 Å². The van der Waals surface area contributed by atoms with Crippen LogP contribution in [0.25, 0.3) is 0 Å². The van der Waals surface area contributed by atoms with Crippen LogP contribution in [-0.2, 0) is 0 Å². The molecule has 1 nitrogen and oxygen atoms in total. The smallest absolute Gasteiger partial charge is 0.0918 e. The molecular formula is C10H15BO. The highest BCUT2D eigenvalue weighted by Gasteiger charge is 2.00. The van der Waals surface area contributed by atoms with Crippen LogP contribution in [-0.4, -0.2) is 13.0 Å². The molecule has 0 unspecified atom stereocenters. The molecule has 0 aromatic heterocycles. The van der Waals surface area contributed by atoms with Crippen molar-refractivity contribution in [3.8, 4) is 0 Å². The normalized spacial score (nSPS) is 14.1. The molecule has 0 aromatic carbocycles. The highest BCUT2D eigenvalue weighted by atomic mass is 16.3. The molecule has 64 valence electrons. The highest BCUT2D eigenvalue weighted by molar-refractivity contribution is 6.10. The van der Waals surface area contributed by atoms with Crippen molar-refractivity contribution in [2.75, 3.05) is 0 Å². The third-order valence-electron chi connectivity index (χ3n) is 1.58. The van der Waals surface area contributed by atoms with Crippen LogP contribution in [0.15, 0.2) is 35.1 Å². The van der Waals surface area contributed by atoms with Crippen molar-refractivity contribution in [3.05, 3.63) is 35.1 Å². The molecule has 0 amide bonds. The molecule has 0 heterocycles. The minimum atomic E-state index is 0.285. The van der Waals surface area contributed by atoms with Gasteiger partial charge in [-0.2, -0.15) is 0 Å². The summed E-state index contributed by atoms with van der Waals surface area (Å²) in [6.07, 6.45) is 2.26. The molecule has 2 radical (unpaired) electrons. The van der Waals surface area contributed by atoms with Crippen molar-refractivity contribution < 1.29 is 5.11 Å². The molecule has 0 rings (SSSR count). The predicted molar refractivity (Wildman–Crippen MR) is 54.5 cm³/mol. The molecule has 12 heavy (non-hydrogen) atoms. The minimum absolute atomic E-state index is 0.285. The van der Waals surface area contributed by atoms with Gasteiger partial charge in [0.1, 0.15) is 0 Å². The van der Waals surface area contributed by atoms with E-state index in [9.17, 15) is 5.11 Å². The Bertz CT molecular complexity index is 232. The molecule has 0 atom stereocenters. The number of allylic oxidation sites excluding steroid dienone is 5. The standard InChI is InChI=1S/C10H15BO/c1-7(2)5-8(3)10(6-11)9(4)12/h5,12H,1,6H2,2-4H3/b8-5-,10-9+. The Labute approximate surface area is 75.9 Å². The van der Waals surface area contributed by atoms with E-state index in [2.05, 4.69) is 6.58 Å². The molecule has 0 aromatic rings. The third-order valence-corrected chi connectivity index (χ3v) is 1.58. The van der Waals surface area contributed by atoms with E-state index in [-0.39, 0.29) is 5.76 Å². The lowest BCUT2D eigenvalue weighted by Crippen LogP contribution is -1.90. The van der Waals surface area contributed by atoms with Gasteiger partial charge in [-0.05, 0) is 31.9 Å². The maximum absolute atomic E-state index is 9.22. The van der Waals surface area contributed by atoms with E-state index in [1.54, 1.807) is 6.92 Å². The monoisotopic (exact) mass is 162 g/mol. The van der Waals surface area contributed by atoms with E-state index in [1.807, 2.05) is 19.9 Å². The van der Waals surface area contributed by atoms with E-state index in [4.69, 9.17) is 7.85 Å². The van der Waals surface area contributed by atoms with E-state index < -0.39 is 0 Å². The van der Waals surface area contributed by atoms with E-state index in [0.717, 1.165) is 16.7 Å². The number of hydrogen-bond acceptors (Lipinski definition) is 1. The zero-order chi connectivity index (χ0) is 9.72. The van der Waals surface area contributed by atoms with E-state index in [0.29, 0.717) is 6.32 Å². The van der Waals surface area contributed by atoms with Crippen LogP contribution in [0, 0.1) is 0 Å². The lowest BCUT2D eigenvalue weighted by atomic mass is 9.90. The predicted octanol–water partition coefficient (Wildman–Crippen LogP) is 2.93. The first-order valence-corrected chi connectivity index (χ1v) is 3.92. The van der Waals surface area contributed by atoms with Crippen LogP contribution in [0.2, 0.25) is 6.32 Å². The highest BCUT2D eigenvalue weighted by Crippen LogP contribution is 2.17. The molecule has 0 saturated heterocycles. The molecular weight excluding hydrogens is 147 g/mol. The van der Waals surface area contributed by atoms with Crippen LogP contribution in [0.4, 0.5) is 0 Å². The molecule has 0 spiro atoms. The number of hydrogen-bond donors (Lipinski definition) is 1. The number of rotatable bonds is 3. The van der Waals surface area contributed by atoms with Crippen LogP contribution in [0.5, 0.6) is 0 Å². The van der Waals surface area contributed by atoms with Gasteiger partial charge in [0.25, 0.3) is 0 Å². The minimum Gasteiger partial charge on any atom is -0.512 e. The van der Waals surface area contributed by atoms with Crippen LogP contribution >= 0.6 is 0 Å². The summed E-state index contributed by atoms with van der Waals surface area (Å²) in [5.74, 6) is 0.285. The van der Waals surface area contributed by atoms with Crippen molar-refractivity contribution >= 4 is 7.85 Å². The van der Waals surface area contributed by atoms with Gasteiger partial charge in [-0.15, -0.1) is 0 Å². The Morgan fingerprint density at radius 2 is 1.92 bits per heavy atom. The van der Waals surface area contributed by atoms with Gasteiger partial charge in [-0.25, -0.2) is 0 Å². The van der Waals surface area contributed by atoms with Gasteiger partial charge in [0.2, 0.25) is 0 Å². The van der Waals surface area contributed by atoms with Crippen LogP contribution in [0.1, 0.15) is 20.8 Å². The lowest BCUT2D eigenvalue weighted by Gasteiger charge is -2.06. The quantitative estimate of drug-likeness (QED) is 0.384. The molecule has 2 heteroatoms. The van der Waals surface area contributed by atoms with E-state index >= 15 is 0 Å². The Hall–Kier alpha value is -0.915. The molecule has 0 saturated carbocycles. The lowest BCUT2D eigenvalue weighted by molar-refractivity contribution is 0.408. The van der Waals surface area contributed by atoms with Gasteiger partial charge >= 0.3 is 0 Å². The third kappa shape index (κ3) is 3.47. The van der Waals surface area contributed by atoms with Crippen molar-refractivity contribution in [3.63, 3.8) is 0 Å². The molecule has 1 N–H and O–H groups in total. The molecule has 0 fully saturated rings. The fourth-order valence-electron chi connectivity index (χ4n) is 1.05. The SMILES string of the molecule is [B]CC(/C(C)=C\C(=C)C)=C(/C)O. The van der Waals surface area contributed by atoms with Crippen LogP contribution < -0.4 is 0 Å². The fourth-order valence-corrected chi connectivity index (χ4v) is 1.05. The summed E-state index contributed by atoms with van der Waals surface area (Å²) >= 11 is 0. The van der Waals surface area contributed by atoms with Gasteiger partial charge in [0, 0.05) is 0 Å². The Morgan fingerprint density at radius 1 is 1.42 bits per heavy atom. The Kier molecular flexibility index (Phi) is 4.49. The zero-order valence-corrected chi connectivity index (χ0v) is 8.02. The van der Waals surface area contributed by atoms with Gasteiger partial charge in [0.15, 0.2) is 0 Å². The molecule has 0 aliphatic heterocycles. The first-order chi connectivity index (χ1) is 5.49. The second kappa shape index (κ2) is 4.86. The van der Waals surface area contributed by atoms with Gasteiger partial charge < -0.3 is 5.11 Å². The summed E-state index contributed by atoms with van der Waals surface area (Å²) in [6, 6.07) is 0. The molecule has 0 aliphatic carbocycles. The summed E-state index contributed by atoms with van der Waals surface area (Å²) in [6.45, 7) is 9.21. The molecule has 0 aliphatic rings. The molecule has 0 bridgehead atoms. The fraction of sp³-hybridized carbons (Fsp3) is 0.400. The summed E-state index contributed by atoms with van der Waals surface area (Å²) in [5.41, 5.74) is 2.72. The van der Waals surface area contributed by atoms with Gasteiger partial charge in [-0.3, -0.25) is 0 Å². The second-order valence-electron chi connectivity index (χ2n) is 2.94. The average molecular weight is 162 g/mol. The summed E-state index contributed by atoms with van der Waals surface area (Å²) < 4.78 is 0. The first kappa shape index (κ1) is 11.1. The average Bonchev–Trinajstić information content (AvgIpc) is 1.85. The Morgan fingerprint density at radius 3 is 2.17 bits per heavy atom. The summed E-state index contributed by atoms with van der Waals surface area (Å²) in [7, 11) is 5.46. The number of aliphatic hydroxyl groups is 1. The van der Waals surface area contributed by atoms with Crippen molar-refractivity contribution in [1.29, 1.82) is 0 Å². The zero-order valence-electron chi connectivity index (χ0n) is 8.02. The topological polar surface area (TPSA) is 20.2 Å². The van der Waals surface area contributed by atoms with Gasteiger partial charge in [-0.1, -0.05) is 24.5 Å². The van der Waals surface area contributed by atoms with Crippen molar-refractivity contribution in [2.24, 2.45) is 0 Å². The van der Waals surface area contributed by atoms with Crippen LogP contribution in [0.3, 0.4) is 0 Å². The summed E-state index contributed by atoms with van der Waals surface area (Å²) in [4.78, 5) is 0. The number of aliphatic hydroxyl groups excluding tert-OH is 1. The maximum atomic E-state index is 9.22. The van der Waals surface area contributed by atoms with E-state index in [1.165, 1.54) is 0 Å². The first-order valence-electron chi connectivity index (χ1n) is 3.92. The van der Waals surface area contributed by atoms with Gasteiger partial charge in [0.05, 0.1) is 13.6 Å². The second-order valence-corrected chi connectivity index (χ2v) is 2.94. The summed E-state index contributed by atoms with van der Waals surface area (Å²) in [5, 5.41) is 9.22. The largest absolute Gasteiger partial charge is 0.512 e. The Balaban J connectivity index is 4.78.